The number of carboxylic acids is 1. The van der Waals surface area contributed by atoms with Crippen LogP contribution < -0.4 is 4.74 Å². The van der Waals surface area contributed by atoms with E-state index in [1.807, 2.05) is 0 Å². The summed E-state index contributed by atoms with van der Waals surface area (Å²) >= 11 is 0. The van der Waals surface area contributed by atoms with Gasteiger partial charge in [0.2, 0.25) is 0 Å². The molecule has 2 rings (SSSR count). The van der Waals surface area contributed by atoms with Crippen LogP contribution in [0.5, 0.6) is 5.75 Å². The molecular formula is C15H18FNO5. The molecule has 0 radical (unpaired) electrons. The summed E-state index contributed by atoms with van der Waals surface area (Å²) in [5, 5.41) is 9.22. The van der Waals surface area contributed by atoms with Gasteiger partial charge in [-0.15, -0.1) is 0 Å². The lowest BCUT2D eigenvalue weighted by Crippen LogP contribution is -2.46. The van der Waals surface area contributed by atoms with E-state index < -0.39 is 29.8 Å². The zero-order valence-electron chi connectivity index (χ0n) is 12.4. The standard InChI is InChI=1S/C15H18FNO5/c1-9(22-11-5-3-10(16)4-6-11)14(18)17-8-12(21-2)7-13(17)15(19)20/h3-6,9,12-13H,7-8H2,1-2H3,(H,19,20). The number of aliphatic carboxylic acids is 1. The Labute approximate surface area is 127 Å². The lowest BCUT2D eigenvalue weighted by atomic mass is 10.2. The molecule has 22 heavy (non-hydrogen) atoms. The molecule has 120 valence electrons. The number of ether oxygens (including phenoxy) is 2. The number of rotatable bonds is 5. The molecule has 1 fully saturated rings. The van der Waals surface area contributed by atoms with Crippen LogP contribution in [0.25, 0.3) is 0 Å². The van der Waals surface area contributed by atoms with Gasteiger partial charge in [-0.05, 0) is 31.2 Å². The highest BCUT2D eigenvalue weighted by Gasteiger charge is 2.41. The summed E-state index contributed by atoms with van der Waals surface area (Å²) in [5.41, 5.74) is 0. The van der Waals surface area contributed by atoms with Crippen molar-refractivity contribution >= 4 is 11.9 Å². The van der Waals surface area contributed by atoms with Gasteiger partial charge in [0.1, 0.15) is 17.6 Å². The molecular weight excluding hydrogens is 293 g/mol. The van der Waals surface area contributed by atoms with E-state index in [9.17, 15) is 19.1 Å². The predicted octanol–water partition coefficient (Wildman–Crippen LogP) is 1.29. The minimum atomic E-state index is -1.07. The molecule has 0 bridgehead atoms. The van der Waals surface area contributed by atoms with Gasteiger partial charge in [0, 0.05) is 20.1 Å². The number of hydrogen-bond donors (Lipinski definition) is 1. The molecule has 7 heteroatoms. The minimum absolute atomic E-state index is 0.212. The number of benzene rings is 1. The Morgan fingerprint density at radius 3 is 2.55 bits per heavy atom. The van der Waals surface area contributed by atoms with Crippen LogP contribution in [0.15, 0.2) is 24.3 Å². The second-order valence-electron chi connectivity index (χ2n) is 5.15. The Morgan fingerprint density at radius 1 is 1.36 bits per heavy atom. The van der Waals surface area contributed by atoms with Gasteiger partial charge in [-0.1, -0.05) is 0 Å². The van der Waals surface area contributed by atoms with Crippen molar-refractivity contribution in [3.63, 3.8) is 0 Å². The van der Waals surface area contributed by atoms with Crippen LogP contribution in [-0.4, -0.2) is 53.8 Å². The molecule has 1 aliphatic rings. The molecule has 1 aromatic rings. The van der Waals surface area contributed by atoms with E-state index in [-0.39, 0.29) is 19.1 Å². The van der Waals surface area contributed by atoms with E-state index in [1.165, 1.54) is 43.2 Å². The van der Waals surface area contributed by atoms with Crippen molar-refractivity contribution in [2.45, 2.75) is 31.6 Å². The van der Waals surface area contributed by atoms with Gasteiger partial charge in [0.05, 0.1) is 6.10 Å². The Hall–Kier alpha value is -2.15. The third-order valence-corrected chi connectivity index (χ3v) is 3.64. The van der Waals surface area contributed by atoms with Crippen molar-refractivity contribution in [1.82, 2.24) is 4.90 Å². The fourth-order valence-corrected chi connectivity index (χ4v) is 2.45. The van der Waals surface area contributed by atoms with Crippen LogP contribution >= 0.6 is 0 Å². The monoisotopic (exact) mass is 311 g/mol. The van der Waals surface area contributed by atoms with Gasteiger partial charge in [-0.2, -0.15) is 0 Å². The van der Waals surface area contributed by atoms with Gasteiger partial charge in [-0.3, -0.25) is 4.79 Å². The Balaban J connectivity index is 2.05. The maximum Gasteiger partial charge on any atom is 0.326 e. The molecule has 0 aliphatic carbocycles. The predicted molar refractivity (Wildman–Crippen MR) is 75.0 cm³/mol. The molecule has 1 amide bonds. The SMILES string of the molecule is COC1CC(C(=O)O)N(C(=O)C(C)Oc2ccc(F)cc2)C1. The van der Waals surface area contributed by atoms with E-state index in [0.29, 0.717) is 5.75 Å². The van der Waals surface area contributed by atoms with Gasteiger partial charge < -0.3 is 19.5 Å². The number of hydrogen-bond acceptors (Lipinski definition) is 4. The summed E-state index contributed by atoms with van der Waals surface area (Å²) in [6.07, 6.45) is -0.924. The van der Waals surface area contributed by atoms with Gasteiger partial charge in [0.15, 0.2) is 6.10 Å². The second-order valence-corrected chi connectivity index (χ2v) is 5.15. The van der Waals surface area contributed by atoms with E-state index in [4.69, 9.17) is 9.47 Å². The molecule has 1 saturated heterocycles. The number of halogens is 1. The highest BCUT2D eigenvalue weighted by Crippen LogP contribution is 2.22. The topological polar surface area (TPSA) is 76.1 Å². The number of carbonyl (C=O) groups excluding carboxylic acids is 1. The van der Waals surface area contributed by atoms with E-state index in [1.54, 1.807) is 0 Å². The van der Waals surface area contributed by atoms with Crippen LogP contribution in [0.1, 0.15) is 13.3 Å². The highest BCUT2D eigenvalue weighted by molar-refractivity contribution is 5.87. The van der Waals surface area contributed by atoms with E-state index in [0.717, 1.165) is 0 Å². The number of nitrogens with zero attached hydrogens (tertiary/aromatic N) is 1. The zero-order chi connectivity index (χ0) is 16.3. The third kappa shape index (κ3) is 3.54. The van der Waals surface area contributed by atoms with Gasteiger partial charge >= 0.3 is 5.97 Å². The highest BCUT2D eigenvalue weighted by atomic mass is 19.1. The second kappa shape index (κ2) is 6.74. The largest absolute Gasteiger partial charge is 0.481 e. The average Bonchev–Trinajstić information content (AvgIpc) is 2.93. The summed E-state index contributed by atoms with van der Waals surface area (Å²) in [6.45, 7) is 1.74. The normalized spacial score (nSPS) is 22.4. The number of carbonyl (C=O) groups is 2. The number of likely N-dealkylation sites (tertiary alicyclic amines) is 1. The first-order valence-electron chi connectivity index (χ1n) is 6.90. The fraction of sp³-hybridized carbons (Fsp3) is 0.467. The maximum absolute atomic E-state index is 12.8. The van der Waals surface area contributed by atoms with Crippen molar-refractivity contribution in [2.24, 2.45) is 0 Å². The average molecular weight is 311 g/mol. The van der Waals surface area contributed by atoms with Crippen molar-refractivity contribution in [2.75, 3.05) is 13.7 Å². The van der Waals surface area contributed by atoms with E-state index >= 15 is 0 Å². The van der Waals surface area contributed by atoms with E-state index in [2.05, 4.69) is 0 Å². The van der Waals surface area contributed by atoms with Crippen molar-refractivity contribution in [3.8, 4) is 5.75 Å². The van der Waals surface area contributed by atoms with Crippen LogP contribution in [0.3, 0.4) is 0 Å². The molecule has 0 saturated carbocycles. The molecule has 0 aromatic heterocycles. The Bertz CT molecular complexity index is 547. The maximum atomic E-state index is 12.8. The summed E-state index contributed by atoms with van der Waals surface area (Å²) in [6, 6.07) is 4.36. The van der Waals surface area contributed by atoms with Gasteiger partial charge in [-0.25, -0.2) is 9.18 Å². The van der Waals surface area contributed by atoms with Crippen LogP contribution in [-0.2, 0) is 14.3 Å². The Morgan fingerprint density at radius 2 is 2.00 bits per heavy atom. The zero-order valence-corrected chi connectivity index (χ0v) is 12.4. The Kier molecular flexibility index (Phi) is 4.97. The number of methoxy groups -OCH3 is 1. The smallest absolute Gasteiger partial charge is 0.326 e. The summed E-state index contributed by atoms with van der Waals surface area (Å²) in [7, 11) is 1.48. The van der Waals surface area contributed by atoms with Crippen LogP contribution in [0, 0.1) is 5.82 Å². The first kappa shape index (κ1) is 16.2. The molecule has 3 unspecified atom stereocenters. The van der Waals surface area contributed by atoms with Crippen molar-refractivity contribution in [1.29, 1.82) is 0 Å². The molecule has 1 aromatic carbocycles. The van der Waals surface area contributed by atoms with Crippen LogP contribution in [0.2, 0.25) is 0 Å². The summed E-state index contributed by atoms with van der Waals surface area (Å²) < 4.78 is 23.4. The summed E-state index contributed by atoms with van der Waals surface area (Å²) in [4.78, 5) is 24.9. The molecule has 1 heterocycles. The molecule has 3 atom stereocenters. The lowest BCUT2D eigenvalue weighted by Gasteiger charge is -2.25. The minimum Gasteiger partial charge on any atom is -0.481 e. The molecule has 6 nitrogen and oxygen atoms in total. The third-order valence-electron chi connectivity index (χ3n) is 3.64. The first-order chi connectivity index (χ1) is 10.4. The first-order valence-corrected chi connectivity index (χ1v) is 6.90. The number of amides is 1. The summed E-state index contributed by atoms with van der Waals surface area (Å²) in [5.74, 6) is -1.56. The fourth-order valence-electron chi connectivity index (χ4n) is 2.45. The van der Waals surface area contributed by atoms with Gasteiger partial charge in [0.25, 0.3) is 5.91 Å². The molecule has 1 N–H and O–H groups in total. The van der Waals surface area contributed by atoms with Crippen molar-refractivity contribution in [3.05, 3.63) is 30.1 Å². The van der Waals surface area contributed by atoms with Crippen LogP contribution in [0.4, 0.5) is 4.39 Å². The molecule has 0 spiro atoms. The van der Waals surface area contributed by atoms with Crippen molar-refractivity contribution < 1.29 is 28.6 Å². The molecule has 1 aliphatic heterocycles. The lowest BCUT2D eigenvalue weighted by molar-refractivity contribution is -0.150. The number of carboxylic acid groups (broad SMARTS) is 1. The quantitative estimate of drug-likeness (QED) is 0.887.